The molecule has 0 unspecified atom stereocenters. The molecule has 1 aromatic rings. The van der Waals surface area contributed by atoms with E-state index in [1.807, 2.05) is 0 Å². The normalized spacial score (nSPS) is 17.4. The second kappa shape index (κ2) is 5.66. The highest BCUT2D eigenvalue weighted by molar-refractivity contribution is 7.86. The van der Waals surface area contributed by atoms with E-state index in [1.54, 1.807) is 31.4 Å². The van der Waals surface area contributed by atoms with Crippen LogP contribution in [-0.4, -0.2) is 48.5 Å². The fourth-order valence-corrected chi connectivity index (χ4v) is 4.31. The highest BCUT2D eigenvalue weighted by Crippen LogP contribution is 2.43. The van der Waals surface area contributed by atoms with Crippen molar-refractivity contribution in [2.24, 2.45) is 0 Å². The van der Waals surface area contributed by atoms with Crippen LogP contribution in [0.2, 0.25) is 0 Å². The van der Waals surface area contributed by atoms with Crippen LogP contribution in [0.25, 0.3) is 0 Å². The van der Waals surface area contributed by atoms with Gasteiger partial charge in [-0.1, -0.05) is 6.07 Å². The molecule has 0 aliphatic carbocycles. The predicted octanol–water partition coefficient (Wildman–Crippen LogP) is 0.922. The topological polar surface area (TPSA) is 117 Å². The monoisotopic (exact) mass is 360 g/mol. The molecule has 9 heteroatoms. The predicted molar refractivity (Wildman–Crippen MR) is 82.1 cm³/mol. The smallest absolute Gasteiger partial charge is 0.210 e. The summed E-state index contributed by atoms with van der Waals surface area (Å²) in [5, 5.41) is 0. The lowest BCUT2D eigenvalue weighted by Crippen LogP contribution is -2.28. The zero-order valence-electron chi connectivity index (χ0n) is 13.1. The maximum Gasteiger partial charge on any atom is 0.210 e. The Bertz CT molecular complexity index is 882. The molecule has 0 fully saturated rings. The molecule has 0 bridgehead atoms. The van der Waals surface area contributed by atoms with Gasteiger partial charge in [0.15, 0.2) is 5.71 Å². The van der Waals surface area contributed by atoms with Gasteiger partial charge >= 0.3 is 0 Å². The second-order valence-electron chi connectivity index (χ2n) is 6.08. The Morgan fingerprint density at radius 2 is 1.74 bits per heavy atom. The molecule has 0 spiro atoms. The summed E-state index contributed by atoms with van der Waals surface area (Å²) in [6, 6.07) is 4.45. The highest BCUT2D eigenvalue weighted by atomic mass is 32.2. The van der Waals surface area contributed by atoms with E-state index < -0.39 is 31.4 Å². The fraction of sp³-hybridized carbons (Fsp3) is 0.500. The average molecular weight is 360 g/mol. The summed E-state index contributed by atoms with van der Waals surface area (Å²) in [5.74, 6) is -0.494. The van der Waals surface area contributed by atoms with Crippen molar-refractivity contribution in [1.82, 2.24) is 0 Å². The zero-order valence-corrected chi connectivity index (χ0v) is 14.7. The Hall–Kier alpha value is -1.29. The van der Waals surface area contributed by atoms with Gasteiger partial charge in [0.05, 0.1) is 26.0 Å². The Labute approximate surface area is 136 Å². The van der Waals surface area contributed by atoms with Crippen molar-refractivity contribution in [3.8, 4) is 0 Å². The van der Waals surface area contributed by atoms with Crippen LogP contribution in [0.5, 0.6) is 0 Å². The van der Waals surface area contributed by atoms with Gasteiger partial charge in [0.1, 0.15) is 16.7 Å². The number of nitrogens with zero attached hydrogens (tertiary/aromatic N) is 1. The van der Waals surface area contributed by atoms with Crippen LogP contribution in [0, 0.1) is 0 Å². The Kier molecular flexibility index (Phi) is 4.44. The van der Waals surface area contributed by atoms with E-state index >= 15 is 0 Å². The largest absolute Gasteiger partial charge is 0.748 e. The van der Waals surface area contributed by atoms with Crippen molar-refractivity contribution in [2.75, 3.05) is 12.3 Å². The Balaban J connectivity index is 2.51. The first-order chi connectivity index (χ1) is 10.4. The summed E-state index contributed by atoms with van der Waals surface area (Å²) in [4.78, 5) is -0.265. The van der Waals surface area contributed by atoms with Crippen LogP contribution < -0.4 is 0 Å². The number of hydrogen-bond acceptors (Lipinski definition) is 6. The average Bonchev–Trinajstić information content (AvgIpc) is 2.57. The van der Waals surface area contributed by atoms with Gasteiger partial charge in [-0.25, -0.2) is 16.8 Å². The van der Waals surface area contributed by atoms with E-state index in [2.05, 4.69) is 0 Å². The molecule has 0 atom stereocenters. The van der Waals surface area contributed by atoms with Crippen LogP contribution in [0.4, 0.5) is 5.69 Å². The van der Waals surface area contributed by atoms with Crippen molar-refractivity contribution >= 4 is 31.6 Å². The minimum absolute atomic E-state index is 0.118. The summed E-state index contributed by atoms with van der Waals surface area (Å²) in [6.45, 7) is 5.67. The summed E-state index contributed by atoms with van der Waals surface area (Å²) >= 11 is 0. The highest BCUT2D eigenvalue weighted by Gasteiger charge is 2.45. The van der Waals surface area contributed by atoms with Gasteiger partial charge in [0.25, 0.3) is 0 Å². The van der Waals surface area contributed by atoms with Gasteiger partial charge in [-0.15, -0.1) is 0 Å². The van der Waals surface area contributed by atoms with E-state index in [-0.39, 0.29) is 17.9 Å². The zero-order chi connectivity index (χ0) is 17.6. The number of hydrogen-bond donors (Lipinski definition) is 0. The standard InChI is InChI=1S/C14H19NO6S2/c1-10-14(2,3)13-11(6-4-7-12(13)23(19,20)21)15(10)8-5-9-22(16,17)18/h4,6-7H,5,8-9H2,1-3H3,(H-,16,17,18,19,20,21)/p-1. The molecule has 1 heterocycles. The van der Waals surface area contributed by atoms with Gasteiger partial charge in [-0.3, -0.25) is 0 Å². The Morgan fingerprint density at radius 1 is 1.13 bits per heavy atom. The maximum atomic E-state index is 11.5. The SMILES string of the molecule is CC1=[N+](CCCS(=O)(=O)[O-])c2cccc(S(=O)(=O)[O-])c2C1(C)C. The molecule has 2 rings (SSSR count). The van der Waals surface area contributed by atoms with Crippen LogP contribution in [0.15, 0.2) is 23.1 Å². The van der Waals surface area contributed by atoms with Gasteiger partial charge in [-0.05, 0) is 19.9 Å². The van der Waals surface area contributed by atoms with Crippen LogP contribution in [0.3, 0.4) is 0 Å². The van der Waals surface area contributed by atoms with Gasteiger partial charge in [0, 0.05) is 25.2 Å². The minimum Gasteiger partial charge on any atom is -0.748 e. The molecule has 0 radical (unpaired) electrons. The molecule has 23 heavy (non-hydrogen) atoms. The summed E-state index contributed by atoms with van der Waals surface area (Å²) in [7, 11) is -8.93. The van der Waals surface area contributed by atoms with Crippen LogP contribution in [0.1, 0.15) is 32.8 Å². The van der Waals surface area contributed by atoms with Crippen LogP contribution in [-0.2, 0) is 25.7 Å². The minimum atomic E-state index is -4.63. The number of fused-ring (bicyclic) bond motifs is 1. The van der Waals surface area contributed by atoms with Crippen molar-refractivity contribution in [1.29, 1.82) is 0 Å². The molecule has 7 nitrogen and oxygen atoms in total. The molecule has 0 amide bonds. The quantitative estimate of drug-likeness (QED) is 0.569. The number of benzene rings is 1. The maximum absolute atomic E-state index is 11.5. The first-order valence-electron chi connectivity index (χ1n) is 7.00. The van der Waals surface area contributed by atoms with Crippen molar-refractivity contribution in [3.05, 3.63) is 23.8 Å². The molecule has 128 valence electrons. The van der Waals surface area contributed by atoms with Gasteiger partial charge in [-0.2, -0.15) is 4.58 Å². The molecular weight excluding hydrogens is 342 g/mol. The molecule has 0 saturated carbocycles. The van der Waals surface area contributed by atoms with Gasteiger partial charge < -0.3 is 9.11 Å². The molecule has 1 aromatic carbocycles. The number of rotatable bonds is 5. The molecule has 0 N–H and O–H groups in total. The lowest BCUT2D eigenvalue weighted by molar-refractivity contribution is -0.438. The first-order valence-corrected chi connectivity index (χ1v) is 9.99. The third-order valence-electron chi connectivity index (χ3n) is 4.27. The fourth-order valence-electron chi connectivity index (χ4n) is 2.97. The van der Waals surface area contributed by atoms with E-state index in [1.165, 1.54) is 12.1 Å². The summed E-state index contributed by atoms with van der Waals surface area (Å²) in [6.07, 6.45) is 0.118. The van der Waals surface area contributed by atoms with E-state index in [4.69, 9.17) is 0 Å². The molecule has 0 aromatic heterocycles. The van der Waals surface area contributed by atoms with Crippen molar-refractivity contribution in [3.63, 3.8) is 0 Å². The Morgan fingerprint density at radius 3 is 2.26 bits per heavy atom. The molecule has 1 aliphatic rings. The van der Waals surface area contributed by atoms with E-state index in [0.29, 0.717) is 11.3 Å². The lowest BCUT2D eigenvalue weighted by Gasteiger charge is -2.20. The van der Waals surface area contributed by atoms with Crippen LogP contribution >= 0.6 is 0 Å². The summed E-state index contributed by atoms with van der Waals surface area (Å²) < 4.78 is 68.6. The first kappa shape index (κ1) is 18.1. The molecular formula is C14H18NO6S2-. The second-order valence-corrected chi connectivity index (χ2v) is 8.95. The van der Waals surface area contributed by atoms with E-state index in [9.17, 15) is 25.9 Å². The lowest BCUT2D eigenvalue weighted by atomic mass is 9.82. The van der Waals surface area contributed by atoms with Crippen molar-refractivity contribution in [2.45, 2.75) is 37.5 Å². The van der Waals surface area contributed by atoms with E-state index in [0.717, 1.165) is 5.71 Å². The van der Waals surface area contributed by atoms with Gasteiger partial charge in [0.2, 0.25) is 5.69 Å². The summed E-state index contributed by atoms with van der Waals surface area (Å²) in [5.41, 5.74) is 1.09. The third-order valence-corrected chi connectivity index (χ3v) is 5.94. The van der Waals surface area contributed by atoms with Crippen molar-refractivity contribution < 1.29 is 30.5 Å². The molecule has 0 saturated heterocycles. The third kappa shape index (κ3) is 3.47. The molecule has 1 aliphatic heterocycles.